The Hall–Kier alpha value is -2.74. The number of aryl methyl sites for hydroxylation is 1. The Labute approximate surface area is 123 Å². The van der Waals surface area contributed by atoms with Crippen molar-refractivity contribution in [1.29, 1.82) is 0 Å². The van der Waals surface area contributed by atoms with Crippen molar-refractivity contribution in [2.45, 2.75) is 6.92 Å². The van der Waals surface area contributed by atoms with Crippen LogP contribution in [-0.4, -0.2) is 4.98 Å². The number of anilines is 1. The number of H-pyrrole nitrogens is 1. The predicted octanol–water partition coefficient (Wildman–Crippen LogP) is 4.88. The molecule has 0 saturated carbocycles. The van der Waals surface area contributed by atoms with Crippen LogP contribution in [-0.2, 0) is 0 Å². The van der Waals surface area contributed by atoms with E-state index in [1.807, 2.05) is 18.2 Å². The molecule has 0 amide bonds. The molecule has 0 aliphatic carbocycles. The third kappa shape index (κ3) is 1.73. The number of para-hydroxylation sites is 2. The van der Waals surface area contributed by atoms with E-state index < -0.39 is 0 Å². The molecule has 0 aliphatic heterocycles. The molecule has 0 aliphatic rings. The van der Waals surface area contributed by atoms with Crippen LogP contribution < -0.4 is 5.73 Å². The van der Waals surface area contributed by atoms with Crippen molar-refractivity contribution in [2.75, 3.05) is 5.73 Å². The van der Waals surface area contributed by atoms with E-state index in [2.05, 4.69) is 54.4 Å². The molecule has 21 heavy (non-hydrogen) atoms. The summed E-state index contributed by atoms with van der Waals surface area (Å²) in [5, 5.41) is 2.55. The second-order valence-electron chi connectivity index (χ2n) is 5.44. The molecule has 0 saturated heterocycles. The maximum Gasteiger partial charge on any atom is 0.0548 e. The SMILES string of the molecule is Cc1ccc(-c2ccccc2N)c2[nH]c3ccccc3c12. The molecule has 1 heterocycles. The van der Waals surface area contributed by atoms with E-state index >= 15 is 0 Å². The van der Waals surface area contributed by atoms with Crippen LogP contribution in [0.25, 0.3) is 32.9 Å². The molecule has 4 rings (SSSR count). The van der Waals surface area contributed by atoms with Crippen molar-refractivity contribution in [2.24, 2.45) is 0 Å². The van der Waals surface area contributed by atoms with Crippen LogP contribution in [0.1, 0.15) is 5.56 Å². The minimum atomic E-state index is 0.807. The molecule has 0 atom stereocenters. The highest BCUT2D eigenvalue weighted by atomic mass is 14.7. The summed E-state index contributed by atoms with van der Waals surface area (Å²) in [7, 11) is 0. The van der Waals surface area contributed by atoms with Gasteiger partial charge < -0.3 is 10.7 Å². The molecular formula is C19H16N2. The molecule has 3 aromatic carbocycles. The second kappa shape index (κ2) is 4.38. The highest BCUT2D eigenvalue weighted by Crippen LogP contribution is 2.36. The fourth-order valence-corrected chi connectivity index (χ4v) is 3.10. The average Bonchev–Trinajstić information content (AvgIpc) is 2.89. The van der Waals surface area contributed by atoms with Gasteiger partial charge >= 0.3 is 0 Å². The van der Waals surface area contributed by atoms with E-state index in [4.69, 9.17) is 5.73 Å². The van der Waals surface area contributed by atoms with E-state index in [1.54, 1.807) is 0 Å². The lowest BCUT2D eigenvalue weighted by Gasteiger charge is -2.08. The van der Waals surface area contributed by atoms with Gasteiger partial charge in [0.05, 0.1) is 5.52 Å². The number of aromatic nitrogens is 1. The molecule has 0 spiro atoms. The first-order valence-corrected chi connectivity index (χ1v) is 7.10. The summed E-state index contributed by atoms with van der Waals surface area (Å²) in [6, 6.07) is 20.8. The normalized spacial score (nSPS) is 11.3. The van der Waals surface area contributed by atoms with Crippen LogP contribution in [0.5, 0.6) is 0 Å². The molecule has 4 aromatic rings. The van der Waals surface area contributed by atoms with E-state index in [0.29, 0.717) is 0 Å². The number of aromatic amines is 1. The molecule has 2 heteroatoms. The third-order valence-electron chi connectivity index (χ3n) is 4.12. The summed E-state index contributed by atoms with van der Waals surface area (Å²) in [4.78, 5) is 3.56. The predicted molar refractivity (Wildman–Crippen MR) is 90.4 cm³/mol. The first-order chi connectivity index (χ1) is 10.3. The van der Waals surface area contributed by atoms with Crippen molar-refractivity contribution >= 4 is 27.5 Å². The Kier molecular flexibility index (Phi) is 2.51. The Morgan fingerprint density at radius 3 is 2.43 bits per heavy atom. The van der Waals surface area contributed by atoms with Crippen molar-refractivity contribution in [3.63, 3.8) is 0 Å². The minimum absolute atomic E-state index is 0.807. The van der Waals surface area contributed by atoms with Crippen molar-refractivity contribution in [3.8, 4) is 11.1 Å². The summed E-state index contributed by atoms with van der Waals surface area (Å²) >= 11 is 0. The van der Waals surface area contributed by atoms with Crippen molar-refractivity contribution in [3.05, 3.63) is 66.2 Å². The molecule has 0 unspecified atom stereocenters. The average molecular weight is 272 g/mol. The number of nitrogens with two attached hydrogens (primary N) is 1. The zero-order chi connectivity index (χ0) is 14.4. The smallest absolute Gasteiger partial charge is 0.0548 e. The molecule has 102 valence electrons. The molecule has 1 aromatic heterocycles. The zero-order valence-corrected chi connectivity index (χ0v) is 11.9. The Morgan fingerprint density at radius 1 is 0.810 bits per heavy atom. The fraction of sp³-hybridized carbons (Fsp3) is 0.0526. The van der Waals surface area contributed by atoms with Crippen LogP contribution in [0.15, 0.2) is 60.7 Å². The van der Waals surface area contributed by atoms with Gasteiger partial charge in [-0.1, -0.05) is 48.5 Å². The summed E-state index contributed by atoms with van der Waals surface area (Å²) in [6.45, 7) is 2.15. The monoisotopic (exact) mass is 272 g/mol. The van der Waals surface area contributed by atoms with Gasteiger partial charge in [-0.2, -0.15) is 0 Å². The first-order valence-electron chi connectivity index (χ1n) is 7.10. The number of nitrogens with one attached hydrogen (secondary N) is 1. The number of fused-ring (bicyclic) bond motifs is 3. The number of rotatable bonds is 1. The van der Waals surface area contributed by atoms with Gasteiger partial charge in [0.2, 0.25) is 0 Å². The third-order valence-corrected chi connectivity index (χ3v) is 4.12. The van der Waals surface area contributed by atoms with Gasteiger partial charge in [-0.3, -0.25) is 0 Å². The summed E-state index contributed by atoms with van der Waals surface area (Å²) in [5.41, 5.74) is 12.8. The highest BCUT2D eigenvalue weighted by Gasteiger charge is 2.12. The summed E-state index contributed by atoms with van der Waals surface area (Å²) in [6.07, 6.45) is 0. The molecule has 0 bridgehead atoms. The van der Waals surface area contributed by atoms with E-state index in [-0.39, 0.29) is 0 Å². The summed E-state index contributed by atoms with van der Waals surface area (Å²) < 4.78 is 0. The number of hydrogen-bond donors (Lipinski definition) is 2. The largest absolute Gasteiger partial charge is 0.398 e. The van der Waals surface area contributed by atoms with Gasteiger partial charge in [0.1, 0.15) is 0 Å². The topological polar surface area (TPSA) is 41.8 Å². The fourth-order valence-electron chi connectivity index (χ4n) is 3.10. The maximum absolute atomic E-state index is 6.16. The van der Waals surface area contributed by atoms with Crippen LogP contribution in [0, 0.1) is 6.92 Å². The molecule has 3 N–H and O–H groups in total. The summed E-state index contributed by atoms with van der Waals surface area (Å²) in [5.74, 6) is 0. The lowest BCUT2D eigenvalue weighted by atomic mass is 9.98. The molecule has 0 radical (unpaired) electrons. The lowest BCUT2D eigenvalue weighted by Crippen LogP contribution is -1.90. The van der Waals surface area contributed by atoms with Gasteiger partial charge in [-0.25, -0.2) is 0 Å². The van der Waals surface area contributed by atoms with Crippen LogP contribution >= 0.6 is 0 Å². The standard InChI is InChI=1S/C19H16N2/c1-12-10-11-14(13-6-2-4-8-16(13)20)19-18(12)15-7-3-5-9-17(15)21-19/h2-11,21H,20H2,1H3. The quantitative estimate of drug-likeness (QED) is 0.476. The van der Waals surface area contributed by atoms with Gasteiger partial charge in [0, 0.05) is 33.1 Å². The second-order valence-corrected chi connectivity index (χ2v) is 5.44. The van der Waals surface area contributed by atoms with Gasteiger partial charge in [0.25, 0.3) is 0 Å². The number of benzene rings is 3. The van der Waals surface area contributed by atoms with Gasteiger partial charge in [0.15, 0.2) is 0 Å². The number of nitrogen functional groups attached to an aromatic ring is 1. The maximum atomic E-state index is 6.16. The number of hydrogen-bond acceptors (Lipinski definition) is 1. The van der Waals surface area contributed by atoms with Crippen LogP contribution in [0.4, 0.5) is 5.69 Å². The zero-order valence-electron chi connectivity index (χ0n) is 11.9. The molecule has 2 nitrogen and oxygen atoms in total. The van der Waals surface area contributed by atoms with E-state index in [1.165, 1.54) is 16.3 Å². The minimum Gasteiger partial charge on any atom is -0.398 e. The van der Waals surface area contributed by atoms with Crippen molar-refractivity contribution < 1.29 is 0 Å². The van der Waals surface area contributed by atoms with Crippen molar-refractivity contribution in [1.82, 2.24) is 4.98 Å². The van der Waals surface area contributed by atoms with Crippen LogP contribution in [0.3, 0.4) is 0 Å². The molecule has 0 fully saturated rings. The Bertz CT molecular complexity index is 964. The lowest BCUT2D eigenvalue weighted by molar-refractivity contribution is 1.50. The first kappa shape index (κ1) is 12.0. The molecular weight excluding hydrogens is 256 g/mol. The Balaban J connectivity index is 2.17. The van der Waals surface area contributed by atoms with Crippen LogP contribution in [0.2, 0.25) is 0 Å². The highest BCUT2D eigenvalue weighted by molar-refractivity contribution is 6.13. The van der Waals surface area contributed by atoms with E-state index in [9.17, 15) is 0 Å². The van der Waals surface area contributed by atoms with Gasteiger partial charge in [-0.05, 0) is 24.6 Å². The van der Waals surface area contributed by atoms with Gasteiger partial charge in [-0.15, -0.1) is 0 Å². The van der Waals surface area contributed by atoms with E-state index in [0.717, 1.165) is 27.8 Å². The Morgan fingerprint density at radius 2 is 1.57 bits per heavy atom.